The van der Waals surface area contributed by atoms with Gasteiger partial charge in [-0.3, -0.25) is 4.98 Å². The molecule has 0 bridgehead atoms. The lowest BCUT2D eigenvalue weighted by Gasteiger charge is -2.05. The zero-order valence-electron chi connectivity index (χ0n) is 8.45. The van der Waals surface area contributed by atoms with Crippen LogP contribution >= 0.6 is 0 Å². The van der Waals surface area contributed by atoms with E-state index < -0.39 is 11.6 Å². The second kappa shape index (κ2) is 4.23. The van der Waals surface area contributed by atoms with E-state index in [4.69, 9.17) is 0 Å². The lowest BCUT2D eigenvalue weighted by Crippen LogP contribution is -1.92. The van der Waals surface area contributed by atoms with Crippen LogP contribution in [0.25, 0.3) is 17.2 Å². The van der Waals surface area contributed by atoms with Gasteiger partial charge in [0, 0.05) is 18.0 Å². The molecule has 1 aromatic heterocycles. The highest BCUT2D eigenvalue weighted by Gasteiger charge is 2.12. The SMILES string of the molecule is C=Cc1cc(F)c(-c2cccnc2)c(F)c1. The molecule has 16 heavy (non-hydrogen) atoms. The summed E-state index contributed by atoms with van der Waals surface area (Å²) >= 11 is 0. The molecule has 0 aliphatic rings. The molecule has 0 saturated heterocycles. The normalized spacial score (nSPS) is 10.1. The van der Waals surface area contributed by atoms with E-state index in [9.17, 15) is 8.78 Å². The molecule has 3 heteroatoms. The lowest BCUT2D eigenvalue weighted by molar-refractivity contribution is 0.589. The molecule has 0 aliphatic heterocycles. The lowest BCUT2D eigenvalue weighted by atomic mass is 10.0. The third kappa shape index (κ3) is 1.84. The fourth-order valence-corrected chi connectivity index (χ4v) is 1.50. The van der Waals surface area contributed by atoms with Crippen molar-refractivity contribution >= 4 is 6.08 Å². The van der Waals surface area contributed by atoms with Gasteiger partial charge in [-0.05, 0) is 23.8 Å². The molecule has 0 N–H and O–H groups in total. The van der Waals surface area contributed by atoms with Crippen LogP contribution in [0.3, 0.4) is 0 Å². The van der Waals surface area contributed by atoms with Crippen LogP contribution in [-0.2, 0) is 0 Å². The minimum absolute atomic E-state index is 0.0568. The molecule has 2 rings (SSSR count). The molecule has 80 valence electrons. The highest BCUT2D eigenvalue weighted by molar-refractivity contribution is 5.66. The summed E-state index contributed by atoms with van der Waals surface area (Å²) in [4.78, 5) is 3.83. The topological polar surface area (TPSA) is 12.9 Å². The van der Waals surface area contributed by atoms with Crippen LogP contribution in [0.1, 0.15) is 5.56 Å². The molecular weight excluding hydrogens is 208 g/mol. The Morgan fingerprint density at radius 2 is 1.88 bits per heavy atom. The average Bonchev–Trinajstić information content (AvgIpc) is 2.29. The van der Waals surface area contributed by atoms with Crippen molar-refractivity contribution in [2.24, 2.45) is 0 Å². The summed E-state index contributed by atoms with van der Waals surface area (Å²) < 4.78 is 27.3. The van der Waals surface area contributed by atoms with Crippen LogP contribution in [0, 0.1) is 11.6 Å². The van der Waals surface area contributed by atoms with Crippen molar-refractivity contribution in [1.82, 2.24) is 4.98 Å². The quantitative estimate of drug-likeness (QED) is 0.747. The molecule has 2 aromatic rings. The molecule has 0 spiro atoms. The smallest absolute Gasteiger partial charge is 0.134 e. The molecule has 0 aliphatic carbocycles. The second-order valence-electron chi connectivity index (χ2n) is 3.31. The van der Waals surface area contributed by atoms with Gasteiger partial charge in [0.15, 0.2) is 0 Å². The molecule has 0 amide bonds. The Balaban J connectivity index is 2.62. The van der Waals surface area contributed by atoms with Gasteiger partial charge in [0.1, 0.15) is 11.6 Å². The van der Waals surface area contributed by atoms with E-state index >= 15 is 0 Å². The van der Waals surface area contributed by atoms with Crippen molar-refractivity contribution < 1.29 is 8.78 Å². The Hall–Kier alpha value is -2.03. The van der Waals surface area contributed by atoms with E-state index in [-0.39, 0.29) is 5.56 Å². The number of rotatable bonds is 2. The minimum atomic E-state index is -0.608. The molecule has 1 nitrogen and oxygen atoms in total. The van der Waals surface area contributed by atoms with Crippen LogP contribution in [-0.4, -0.2) is 4.98 Å². The van der Waals surface area contributed by atoms with Crippen molar-refractivity contribution in [2.45, 2.75) is 0 Å². The van der Waals surface area contributed by atoms with Gasteiger partial charge < -0.3 is 0 Å². The highest BCUT2D eigenvalue weighted by atomic mass is 19.1. The molecule has 1 aromatic carbocycles. The van der Waals surface area contributed by atoms with E-state index in [1.54, 1.807) is 18.3 Å². The molecule has 0 atom stereocenters. The van der Waals surface area contributed by atoms with E-state index in [1.807, 2.05) is 0 Å². The predicted octanol–water partition coefficient (Wildman–Crippen LogP) is 3.67. The largest absolute Gasteiger partial charge is 0.264 e. The van der Waals surface area contributed by atoms with Gasteiger partial charge in [-0.1, -0.05) is 18.7 Å². The maximum atomic E-state index is 13.7. The average molecular weight is 217 g/mol. The summed E-state index contributed by atoms with van der Waals surface area (Å²) in [5.41, 5.74) is 0.787. The molecule has 0 unspecified atom stereocenters. The summed E-state index contributed by atoms with van der Waals surface area (Å²) in [5, 5.41) is 0. The minimum Gasteiger partial charge on any atom is -0.264 e. The number of hydrogen-bond acceptors (Lipinski definition) is 1. The van der Waals surface area contributed by atoms with Crippen molar-refractivity contribution in [3.63, 3.8) is 0 Å². The first-order chi connectivity index (χ1) is 7.72. The van der Waals surface area contributed by atoms with Crippen LogP contribution in [0.2, 0.25) is 0 Å². The molecule has 0 radical (unpaired) electrons. The fraction of sp³-hybridized carbons (Fsp3) is 0. The van der Waals surface area contributed by atoms with Crippen molar-refractivity contribution in [2.75, 3.05) is 0 Å². The third-order valence-corrected chi connectivity index (χ3v) is 2.25. The first-order valence-electron chi connectivity index (χ1n) is 4.74. The van der Waals surface area contributed by atoms with Gasteiger partial charge in [-0.2, -0.15) is 0 Å². The van der Waals surface area contributed by atoms with Gasteiger partial charge in [-0.25, -0.2) is 8.78 Å². The summed E-state index contributed by atoms with van der Waals surface area (Å²) in [6.45, 7) is 3.47. The summed E-state index contributed by atoms with van der Waals surface area (Å²) in [7, 11) is 0. The zero-order chi connectivity index (χ0) is 11.5. The number of nitrogens with zero attached hydrogens (tertiary/aromatic N) is 1. The van der Waals surface area contributed by atoms with Gasteiger partial charge >= 0.3 is 0 Å². The van der Waals surface area contributed by atoms with E-state index in [1.165, 1.54) is 24.4 Å². The Morgan fingerprint density at radius 1 is 1.19 bits per heavy atom. The summed E-state index contributed by atoms with van der Waals surface area (Å²) in [6, 6.07) is 5.74. The Bertz CT molecular complexity index is 498. The summed E-state index contributed by atoms with van der Waals surface area (Å²) in [5.74, 6) is -1.22. The van der Waals surface area contributed by atoms with Gasteiger partial charge in [0.2, 0.25) is 0 Å². The molecule has 0 fully saturated rings. The molecule has 1 heterocycles. The van der Waals surface area contributed by atoms with E-state index in [0.29, 0.717) is 11.1 Å². The first-order valence-corrected chi connectivity index (χ1v) is 4.74. The second-order valence-corrected chi connectivity index (χ2v) is 3.31. The zero-order valence-corrected chi connectivity index (χ0v) is 8.45. The maximum absolute atomic E-state index is 13.7. The fourth-order valence-electron chi connectivity index (χ4n) is 1.50. The van der Waals surface area contributed by atoms with Gasteiger partial charge in [-0.15, -0.1) is 0 Å². The first kappa shape index (κ1) is 10.5. The third-order valence-electron chi connectivity index (χ3n) is 2.25. The maximum Gasteiger partial charge on any atom is 0.134 e. The van der Waals surface area contributed by atoms with Crippen molar-refractivity contribution in [3.8, 4) is 11.1 Å². The Labute approximate surface area is 92.1 Å². The number of halogens is 2. The number of hydrogen-bond donors (Lipinski definition) is 0. The molecular formula is C13H9F2N. The van der Waals surface area contributed by atoms with Crippen molar-refractivity contribution in [3.05, 3.63) is 60.4 Å². The van der Waals surface area contributed by atoms with Gasteiger partial charge in [0.25, 0.3) is 0 Å². The van der Waals surface area contributed by atoms with E-state index in [2.05, 4.69) is 11.6 Å². The van der Waals surface area contributed by atoms with Gasteiger partial charge in [0.05, 0.1) is 5.56 Å². The summed E-state index contributed by atoms with van der Waals surface area (Å²) in [6.07, 6.45) is 4.38. The predicted molar refractivity (Wildman–Crippen MR) is 59.7 cm³/mol. The highest BCUT2D eigenvalue weighted by Crippen LogP contribution is 2.26. The van der Waals surface area contributed by atoms with Crippen molar-refractivity contribution in [1.29, 1.82) is 0 Å². The van der Waals surface area contributed by atoms with Crippen LogP contribution in [0.15, 0.2) is 43.2 Å². The molecule has 0 saturated carbocycles. The monoisotopic (exact) mass is 217 g/mol. The number of pyridine rings is 1. The van der Waals surface area contributed by atoms with Crippen LogP contribution in [0.4, 0.5) is 8.78 Å². The number of aromatic nitrogens is 1. The van der Waals surface area contributed by atoms with Crippen LogP contribution in [0.5, 0.6) is 0 Å². The Morgan fingerprint density at radius 3 is 2.38 bits per heavy atom. The van der Waals surface area contributed by atoms with E-state index in [0.717, 1.165) is 0 Å². The Kier molecular flexibility index (Phi) is 2.77. The van der Waals surface area contributed by atoms with Crippen LogP contribution < -0.4 is 0 Å². The number of benzene rings is 1. The standard InChI is InChI=1S/C13H9F2N/c1-2-9-6-11(14)13(12(15)7-9)10-4-3-5-16-8-10/h2-8H,1H2.